The normalized spacial score (nSPS) is 15.4. The molecule has 9 heteroatoms. The van der Waals surface area contributed by atoms with Gasteiger partial charge >= 0.3 is 0 Å². The summed E-state index contributed by atoms with van der Waals surface area (Å²) in [7, 11) is 0. The fourth-order valence-corrected chi connectivity index (χ4v) is 5.68. The van der Waals surface area contributed by atoms with Gasteiger partial charge in [-0.25, -0.2) is 0 Å². The highest BCUT2D eigenvalue weighted by Gasteiger charge is 2.44. The Morgan fingerprint density at radius 2 is 1.77 bits per heavy atom. The first-order chi connectivity index (χ1) is 19.4. The van der Waals surface area contributed by atoms with Crippen LogP contribution in [0.25, 0.3) is 21.8 Å². The molecule has 3 heterocycles. The molecule has 1 atom stereocenters. The van der Waals surface area contributed by atoms with Crippen molar-refractivity contribution in [3.05, 3.63) is 96.3 Å². The van der Waals surface area contributed by atoms with E-state index in [-0.39, 0.29) is 24.0 Å². The second-order valence-corrected chi connectivity index (χ2v) is 10.3. The number of hydrogen-bond donors (Lipinski definition) is 3. The van der Waals surface area contributed by atoms with Crippen LogP contribution in [0, 0.1) is 0 Å². The molecule has 3 N–H and O–H groups in total. The summed E-state index contributed by atoms with van der Waals surface area (Å²) in [6.07, 6.45) is 4.40. The minimum atomic E-state index is -0.764. The van der Waals surface area contributed by atoms with E-state index in [9.17, 15) is 14.4 Å². The maximum absolute atomic E-state index is 13.8. The number of rotatable bonds is 8. The second-order valence-electron chi connectivity index (χ2n) is 9.91. The third-order valence-electron chi connectivity index (χ3n) is 7.37. The molecule has 2 amide bonds. The SMILES string of the molecule is CC(=O)c1ccc(N2C(=O)C(CC(=O)Nc3ccc4cc[nH]c4c3)N(CCc3c[nH]c4ccccc34)C2=S)cc1. The van der Waals surface area contributed by atoms with Crippen LogP contribution in [0.1, 0.15) is 29.3 Å². The van der Waals surface area contributed by atoms with Crippen molar-refractivity contribution in [3.8, 4) is 0 Å². The van der Waals surface area contributed by atoms with Crippen molar-refractivity contribution in [2.45, 2.75) is 25.8 Å². The number of nitrogens with zero attached hydrogens (tertiary/aromatic N) is 2. The Bertz CT molecular complexity index is 1770. The lowest BCUT2D eigenvalue weighted by atomic mass is 10.1. The molecule has 200 valence electrons. The van der Waals surface area contributed by atoms with E-state index in [1.54, 1.807) is 24.3 Å². The average molecular weight is 550 g/mol. The van der Waals surface area contributed by atoms with E-state index in [1.807, 2.05) is 59.8 Å². The third kappa shape index (κ3) is 4.76. The number of carbonyl (C=O) groups excluding carboxylic acids is 3. The maximum Gasteiger partial charge on any atom is 0.256 e. The Morgan fingerprint density at radius 3 is 2.58 bits per heavy atom. The first-order valence-electron chi connectivity index (χ1n) is 13.1. The van der Waals surface area contributed by atoms with Crippen LogP contribution in [-0.4, -0.2) is 50.2 Å². The number of anilines is 2. The minimum Gasteiger partial charge on any atom is -0.361 e. The number of ketones is 1. The molecule has 0 bridgehead atoms. The molecule has 2 aromatic heterocycles. The summed E-state index contributed by atoms with van der Waals surface area (Å²) < 4.78 is 0. The first kappa shape index (κ1) is 25.5. The molecule has 1 aliphatic heterocycles. The summed E-state index contributed by atoms with van der Waals surface area (Å²) >= 11 is 5.82. The molecule has 1 fully saturated rings. The smallest absolute Gasteiger partial charge is 0.256 e. The number of nitrogens with one attached hydrogen (secondary N) is 3. The second kappa shape index (κ2) is 10.4. The third-order valence-corrected chi connectivity index (χ3v) is 7.78. The Kier molecular flexibility index (Phi) is 6.65. The average Bonchev–Trinajstić information content (AvgIpc) is 3.64. The van der Waals surface area contributed by atoms with Crippen LogP contribution in [0.2, 0.25) is 0 Å². The van der Waals surface area contributed by atoms with Crippen molar-refractivity contribution < 1.29 is 14.4 Å². The number of fused-ring (bicyclic) bond motifs is 2. The van der Waals surface area contributed by atoms with Gasteiger partial charge in [-0.2, -0.15) is 0 Å². The number of benzene rings is 3. The van der Waals surface area contributed by atoms with Crippen LogP contribution >= 0.6 is 12.2 Å². The zero-order valence-electron chi connectivity index (χ0n) is 21.8. The monoisotopic (exact) mass is 549 g/mol. The van der Waals surface area contributed by atoms with Crippen molar-refractivity contribution in [1.29, 1.82) is 0 Å². The van der Waals surface area contributed by atoms with Gasteiger partial charge in [-0.1, -0.05) is 24.3 Å². The summed E-state index contributed by atoms with van der Waals surface area (Å²) in [5, 5.41) is 5.43. The van der Waals surface area contributed by atoms with E-state index in [2.05, 4.69) is 21.4 Å². The van der Waals surface area contributed by atoms with Crippen molar-refractivity contribution in [2.24, 2.45) is 0 Å². The van der Waals surface area contributed by atoms with Crippen LogP contribution in [0.15, 0.2) is 85.2 Å². The van der Waals surface area contributed by atoms with Gasteiger partial charge in [0, 0.05) is 46.6 Å². The summed E-state index contributed by atoms with van der Waals surface area (Å²) in [4.78, 5) is 48.5. The van der Waals surface area contributed by atoms with Gasteiger partial charge < -0.3 is 20.2 Å². The van der Waals surface area contributed by atoms with Gasteiger partial charge in [0.25, 0.3) is 5.91 Å². The topological polar surface area (TPSA) is 101 Å². The predicted octanol–water partition coefficient (Wildman–Crippen LogP) is 5.43. The Morgan fingerprint density at radius 1 is 0.975 bits per heavy atom. The van der Waals surface area contributed by atoms with Crippen LogP contribution < -0.4 is 10.2 Å². The molecule has 0 spiro atoms. The van der Waals surface area contributed by atoms with Gasteiger partial charge in [0.05, 0.1) is 12.1 Å². The standard InChI is InChI=1S/C31H27N5O3S/c1-19(37)20-7-10-24(11-8-20)36-30(39)28(17-29(38)34-23-9-6-21-12-14-32-27(21)16-23)35(31(36)40)15-13-22-18-33-26-5-3-2-4-25(22)26/h2-12,14,16,18,28,32-33H,13,15,17H2,1H3,(H,34,38). The predicted molar refractivity (Wildman–Crippen MR) is 161 cm³/mol. The van der Waals surface area contributed by atoms with E-state index in [0.29, 0.717) is 35.0 Å². The summed E-state index contributed by atoms with van der Waals surface area (Å²) in [6, 6.07) is 21.7. The van der Waals surface area contributed by atoms with Crippen molar-refractivity contribution in [2.75, 3.05) is 16.8 Å². The van der Waals surface area contributed by atoms with Gasteiger partial charge in [-0.05, 0) is 85.0 Å². The van der Waals surface area contributed by atoms with Crippen LogP contribution in [-0.2, 0) is 16.0 Å². The van der Waals surface area contributed by atoms with Gasteiger partial charge in [-0.15, -0.1) is 0 Å². The fourth-order valence-electron chi connectivity index (χ4n) is 5.26. The van der Waals surface area contributed by atoms with Crippen LogP contribution in [0.3, 0.4) is 0 Å². The number of thiocarbonyl (C=S) groups is 1. The number of H-pyrrole nitrogens is 2. The molecule has 1 unspecified atom stereocenters. The largest absolute Gasteiger partial charge is 0.361 e. The molecule has 1 aliphatic rings. The Labute approximate surface area is 236 Å². The number of hydrogen-bond acceptors (Lipinski definition) is 4. The molecule has 3 aromatic carbocycles. The van der Waals surface area contributed by atoms with Crippen molar-refractivity contribution >= 4 is 68.1 Å². The number of aromatic nitrogens is 2. The van der Waals surface area contributed by atoms with Crippen LogP contribution in [0.4, 0.5) is 11.4 Å². The lowest BCUT2D eigenvalue weighted by molar-refractivity contribution is -0.124. The first-order valence-corrected chi connectivity index (χ1v) is 13.5. The quantitative estimate of drug-likeness (QED) is 0.177. The van der Waals surface area contributed by atoms with E-state index in [1.165, 1.54) is 11.8 Å². The number of para-hydroxylation sites is 1. The molecular formula is C31H27N5O3S. The highest BCUT2D eigenvalue weighted by atomic mass is 32.1. The minimum absolute atomic E-state index is 0.0579. The number of amides is 2. The number of carbonyl (C=O) groups is 3. The molecule has 5 aromatic rings. The van der Waals surface area contributed by atoms with E-state index < -0.39 is 6.04 Å². The zero-order valence-corrected chi connectivity index (χ0v) is 22.6. The fraction of sp³-hybridized carbons (Fsp3) is 0.161. The highest BCUT2D eigenvalue weighted by Crippen LogP contribution is 2.29. The number of aromatic amines is 2. The molecule has 8 nitrogen and oxygen atoms in total. The van der Waals surface area contributed by atoms with E-state index >= 15 is 0 Å². The Hall–Kier alpha value is -4.76. The molecule has 0 saturated carbocycles. The zero-order chi connectivity index (χ0) is 27.8. The maximum atomic E-state index is 13.8. The molecule has 1 saturated heterocycles. The van der Waals surface area contributed by atoms with E-state index in [4.69, 9.17) is 12.2 Å². The molecule has 0 aliphatic carbocycles. The van der Waals surface area contributed by atoms with E-state index in [0.717, 1.165) is 27.4 Å². The lowest BCUT2D eigenvalue weighted by Gasteiger charge is -2.24. The van der Waals surface area contributed by atoms with Crippen LogP contribution in [0.5, 0.6) is 0 Å². The van der Waals surface area contributed by atoms with Gasteiger partial charge in [0.2, 0.25) is 5.91 Å². The Balaban J connectivity index is 1.26. The molecular weight excluding hydrogens is 522 g/mol. The van der Waals surface area contributed by atoms with Crippen molar-refractivity contribution in [3.63, 3.8) is 0 Å². The molecule has 0 radical (unpaired) electrons. The van der Waals surface area contributed by atoms with Crippen molar-refractivity contribution in [1.82, 2.24) is 14.9 Å². The molecule has 40 heavy (non-hydrogen) atoms. The summed E-state index contributed by atoms with van der Waals surface area (Å²) in [5.74, 6) is -0.610. The van der Waals surface area contributed by atoms with Gasteiger partial charge in [0.15, 0.2) is 10.9 Å². The summed E-state index contributed by atoms with van der Waals surface area (Å²) in [5.41, 5.74) is 4.83. The highest BCUT2D eigenvalue weighted by molar-refractivity contribution is 7.80. The van der Waals surface area contributed by atoms with Gasteiger partial charge in [0.1, 0.15) is 6.04 Å². The summed E-state index contributed by atoms with van der Waals surface area (Å²) in [6.45, 7) is 1.95. The number of Topliss-reactive ketones (excluding diaryl/α,β-unsaturated/α-hetero) is 1. The molecule has 6 rings (SSSR count). The lowest BCUT2D eigenvalue weighted by Crippen LogP contribution is -2.39. The van der Waals surface area contributed by atoms with Gasteiger partial charge in [-0.3, -0.25) is 19.3 Å².